The molecule has 21 heavy (non-hydrogen) atoms. The van der Waals surface area contributed by atoms with Gasteiger partial charge in [0.1, 0.15) is 5.69 Å². The number of hydrogen-bond donors (Lipinski definition) is 2. The molecule has 1 heterocycles. The molecule has 0 aliphatic rings. The van der Waals surface area contributed by atoms with Crippen molar-refractivity contribution in [3.05, 3.63) is 46.5 Å². The van der Waals surface area contributed by atoms with Gasteiger partial charge in [-0.3, -0.25) is 10.1 Å². The first-order valence-corrected chi connectivity index (χ1v) is 6.83. The highest BCUT2D eigenvalue weighted by Crippen LogP contribution is 2.34. The normalized spacial score (nSPS) is 10.3. The van der Waals surface area contributed by atoms with Crippen molar-refractivity contribution in [1.82, 2.24) is 9.97 Å². The van der Waals surface area contributed by atoms with E-state index in [4.69, 9.17) is 4.74 Å². The molecule has 7 nitrogen and oxygen atoms in total. The Hall–Kier alpha value is -2.57. The van der Waals surface area contributed by atoms with Crippen LogP contribution >= 0.6 is 0 Å². The van der Waals surface area contributed by atoms with Crippen LogP contribution in [-0.4, -0.2) is 28.0 Å². The van der Waals surface area contributed by atoms with Crippen LogP contribution < -0.4 is 10.1 Å². The molecular formula is C14H18N4O3. The maximum atomic E-state index is 11.3. The molecule has 1 aromatic heterocycles. The molecule has 2 rings (SSSR count). The molecule has 2 N–H and O–H groups in total. The van der Waals surface area contributed by atoms with Gasteiger partial charge in [0.05, 0.1) is 17.9 Å². The van der Waals surface area contributed by atoms with Gasteiger partial charge >= 0.3 is 5.69 Å². The number of nitrogens with one attached hydrogen (secondary N) is 2. The first kappa shape index (κ1) is 14.8. The Kier molecular flexibility index (Phi) is 5.14. The van der Waals surface area contributed by atoms with Crippen molar-refractivity contribution >= 4 is 11.4 Å². The summed E-state index contributed by atoms with van der Waals surface area (Å²) < 4.78 is 5.44. The largest absolute Gasteiger partial charge is 0.487 e. The maximum Gasteiger partial charge on any atom is 0.333 e. The minimum atomic E-state index is -0.413. The summed E-state index contributed by atoms with van der Waals surface area (Å²) in [6.45, 7) is 2.98. The average molecular weight is 290 g/mol. The van der Waals surface area contributed by atoms with E-state index in [2.05, 4.69) is 15.3 Å². The van der Waals surface area contributed by atoms with Crippen LogP contribution in [0.4, 0.5) is 11.4 Å². The molecule has 1 aromatic carbocycles. The Bertz CT molecular complexity index is 584. The zero-order valence-corrected chi connectivity index (χ0v) is 11.8. The van der Waals surface area contributed by atoms with Crippen LogP contribution in [0.1, 0.15) is 19.0 Å². The molecule has 0 amide bonds. The number of rotatable bonds is 8. The smallest absolute Gasteiger partial charge is 0.333 e. The third-order valence-electron chi connectivity index (χ3n) is 2.91. The molecular weight excluding hydrogens is 272 g/mol. The Labute approximate surface area is 122 Å². The third-order valence-corrected chi connectivity index (χ3v) is 2.91. The number of aromatic amines is 1. The number of nitro benzene ring substituents is 1. The Morgan fingerprint density at radius 1 is 1.48 bits per heavy atom. The minimum absolute atomic E-state index is 0.0180. The molecule has 0 aliphatic heterocycles. The van der Waals surface area contributed by atoms with Crippen molar-refractivity contribution in [2.75, 3.05) is 18.5 Å². The van der Waals surface area contributed by atoms with Crippen molar-refractivity contribution in [1.29, 1.82) is 0 Å². The van der Waals surface area contributed by atoms with Gasteiger partial charge in [-0.25, -0.2) is 4.98 Å². The number of nitrogens with zero attached hydrogens (tertiary/aromatic N) is 2. The summed E-state index contributed by atoms with van der Waals surface area (Å²) in [5, 5.41) is 14.3. The fourth-order valence-corrected chi connectivity index (χ4v) is 1.94. The molecule has 0 radical (unpaired) electrons. The zero-order valence-electron chi connectivity index (χ0n) is 11.8. The lowest BCUT2D eigenvalue weighted by Crippen LogP contribution is -2.08. The predicted octanol–water partition coefficient (Wildman–Crippen LogP) is 2.76. The summed E-state index contributed by atoms with van der Waals surface area (Å²) in [5.41, 5.74) is 1.42. The molecule has 7 heteroatoms. The lowest BCUT2D eigenvalue weighted by Gasteiger charge is -2.10. The van der Waals surface area contributed by atoms with Crippen molar-refractivity contribution in [2.24, 2.45) is 0 Å². The van der Waals surface area contributed by atoms with Gasteiger partial charge in [-0.1, -0.05) is 13.0 Å². The zero-order chi connectivity index (χ0) is 15.1. The monoisotopic (exact) mass is 290 g/mol. The molecule has 0 saturated heterocycles. The lowest BCUT2D eigenvalue weighted by molar-refractivity contribution is -0.385. The molecule has 0 atom stereocenters. The number of para-hydroxylation sites is 1. The Morgan fingerprint density at radius 3 is 3.00 bits per heavy atom. The van der Waals surface area contributed by atoms with Crippen molar-refractivity contribution in [3.8, 4) is 5.75 Å². The average Bonchev–Trinajstić information content (AvgIpc) is 2.98. The van der Waals surface area contributed by atoms with Gasteiger partial charge in [0.25, 0.3) is 0 Å². The molecule has 0 fully saturated rings. The van der Waals surface area contributed by atoms with Crippen LogP contribution in [0.15, 0.2) is 30.7 Å². The first-order valence-electron chi connectivity index (χ1n) is 6.83. The third kappa shape index (κ3) is 3.95. The van der Waals surface area contributed by atoms with E-state index in [-0.39, 0.29) is 5.69 Å². The standard InChI is InChI=1S/C14H18N4O3/c1-2-8-21-13-5-3-4-12(14(13)18(19)20)16-7-6-11-9-15-10-17-11/h3-5,9-10,16H,2,6-8H2,1H3,(H,15,17). The molecule has 0 bridgehead atoms. The second kappa shape index (κ2) is 7.28. The number of H-pyrrole nitrogens is 1. The van der Waals surface area contributed by atoms with Crippen molar-refractivity contribution in [3.63, 3.8) is 0 Å². The van der Waals surface area contributed by atoms with Gasteiger partial charge in [-0.15, -0.1) is 0 Å². The van der Waals surface area contributed by atoms with Crippen LogP contribution in [-0.2, 0) is 6.42 Å². The Morgan fingerprint density at radius 2 is 2.33 bits per heavy atom. The maximum absolute atomic E-state index is 11.3. The summed E-state index contributed by atoms with van der Waals surface area (Å²) >= 11 is 0. The molecule has 0 saturated carbocycles. The Balaban J connectivity index is 2.08. The lowest BCUT2D eigenvalue weighted by atomic mass is 10.2. The molecule has 0 unspecified atom stereocenters. The molecule has 2 aromatic rings. The predicted molar refractivity (Wildman–Crippen MR) is 79.7 cm³/mol. The fraction of sp³-hybridized carbons (Fsp3) is 0.357. The second-order valence-electron chi connectivity index (χ2n) is 4.51. The minimum Gasteiger partial charge on any atom is -0.487 e. The number of anilines is 1. The molecule has 0 spiro atoms. The SMILES string of the molecule is CCCOc1cccc(NCCc2cnc[nH]2)c1[N+](=O)[O-]. The van der Waals surface area contributed by atoms with E-state index in [9.17, 15) is 10.1 Å². The topological polar surface area (TPSA) is 93.1 Å². The van der Waals surface area contributed by atoms with Gasteiger partial charge in [-0.2, -0.15) is 0 Å². The highest BCUT2D eigenvalue weighted by molar-refractivity contribution is 5.68. The van der Waals surface area contributed by atoms with Crippen LogP contribution in [0.25, 0.3) is 0 Å². The van der Waals surface area contributed by atoms with Crippen LogP contribution in [0.5, 0.6) is 5.75 Å². The van der Waals surface area contributed by atoms with Gasteiger partial charge in [-0.05, 0) is 18.6 Å². The van der Waals surface area contributed by atoms with Crippen LogP contribution in [0, 0.1) is 10.1 Å². The van der Waals surface area contributed by atoms with Crippen molar-refractivity contribution < 1.29 is 9.66 Å². The number of benzene rings is 1. The van der Waals surface area contributed by atoms with Gasteiger partial charge in [0, 0.05) is 24.9 Å². The van der Waals surface area contributed by atoms with E-state index >= 15 is 0 Å². The fourth-order valence-electron chi connectivity index (χ4n) is 1.94. The molecule has 0 aliphatic carbocycles. The van der Waals surface area contributed by atoms with E-state index < -0.39 is 4.92 Å². The summed E-state index contributed by atoms with van der Waals surface area (Å²) in [6, 6.07) is 5.05. The van der Waals surface area contributed by atoms with E-state index in [1.54, 1.807) is 30.7 Å². The number of aromatic nitrogens is 2. The van der Waals surface area contributed by atoms with E-state index in [0.29, 0.717) is 31.0 Å². The van der Waals surface area contributed by atoms with Gasteiger partial charge in [0.2, 0.25) is 0 Å². The summed E-state index contributed by atoms with van der Waals surface area (Å²) in [5.74, 6) is 0.299. The highest BCUT2D eigenvalue weighted by Gasteiger charge is 2.20. The number of hydrogen-bond acceptors (Lipinski definition) is 5. The quantitative estimate of drug-likeness (QED) is 0.576. The number of imidazole rings is 1. The summed E-state index contributed by atoms with van der Waals surface area (Å²) in [6.07, 6.45) is 4.85. The van der Waals surface area contributed by atoms with Gasteiger partial charge < -0.3 is 15.0 Å². The van der Waals surface area contributed by atoms with Crippen LogP contribution in [0.3, 0.4) is 0 Å². The highest BCUT2D eigenvalue weighted by atomic mass is 16.6. The van der Waals surface area contributed by atoms with E-state index in [0.717, 1.165) is 12.1 Å². The number of nitro groups is 1. The summed E-state index contributed by atoms with van der Waals surface area (Å²) in [7, 11) is 0. The summed E-state index contributed by atoms with van der Waals surface area (Å²) in [4.78, 5) is 17.8. The van der Waals surface area contributed by atoms with E-state index in [1.807, 2.05) is 6.92 Å². The second-order valence-corrected chi connectivity index (χ2v) is 4.51. The number of ether oxygens (including phenoxy) is 1. The molecule has 112 valence electrons. The van der Waals surface area contributed by atoms with E-state index in [1.165, 1.54) is 0 Å². The van der Waals surface area contributed by atoms with Crippen LogP contribution in [0.2, 0.25) is 0 Å². The first-order chi connectivity index (χ1) is 10.2. The van der Waals surface area contributed by atoms with Gasteiger partial charge in [0.15, 0.2) is 5.75 Å². The van der Waals surface area contributed by atoms with Crippen molar-refractivity contribution in [2.45, 2.75) is 19.8 Å².